The van der Waals surface area contributed by atoms with E-state index in [1.54, 1.807) is 0 Å². The van der Waals surface area contributed by atoms with E-state index in [0.29, 0.717) is 36.0 Å². The minimum Gasteiger partial charge on any atom is -0.481 e. The standard InChI is InChI=1S/C56H81N5O5/c1-35(2)37-16-23-56(50(65)61-30-12-13-42(61)47-58-41(36-19-26-57-27-20-36)34-60(47)32-31-59-28-10-11-29-59)25-24-54(8)38(46(37)56)14-15-44-53(7)21-18-45(52(5,6)43(53)17-22-55(44,54)9)66-49(64)40-33-39(48(62)63)51(40,3)4/h19-20,26-27,34,37-40,42-46H,1,10-18,21-25,28-33H2,2-9H3,(H,62,63)/t37-,38+,39-,40+,42-,43?,44?,45-,46?,53-,54+,55+,56-/m0/s1. The van der Waals surface area contributed by atoms with Gasteiger partial charge in [-0.25, -0.2) is 4.98 Å². The van der Waals surface area contributed by atoms with Crippen molar-refractivity contribution < 1.29 is 24.2 Å². The van der Waals surface area contributed by atoms with Crippen LogP contribution in [0.4, 0.5) is 0 Å². The van der Waals surface area contributed by atoms with Gasteiger partial charge in [-0.05, 0) is 180 Å². The molecular formula is C56H81N5O5. The zero-order valence-electron chi connectivity index (χ0n) is 41.7. The van der Waals surface area contributed by atoms with Gasteiger partial charge in [-0.2, -0.15) is 0 Å². The van der Waals surface area contributed by atoms with E-state index in [1.807, 2.05) is 26.2 Å². The largest absolute Gasteiger partial charge is 0.481 e. The molecule has 0 spiro atoms. The number of imidazole rings is 1. The van der Waals surface area contributed by atoms with Crippen LogP contribution in [0, 0.1) is 73.9 Å². The molecule has 2 saturated heterocycles. The summed E-state index contributed by atoms with van der Waals surface area (Å²) in [5.74, 6) is 1.63. The number of carboxylic acid groups (broad SMARTS) is 1. The second-order valence-electron chi connectivity index (χ2n) is 25.2. The number of carboxylic acids is 1. The third-order valence-electron chi connectivity index (χ3n) is 22.0. The zero-order valence-corrected chi connectivity index (χ0v) is 41.7. The van der Waals surface area contributed by atoms with E-state index in [4.69, 9.17) is 9.72 Å². The molecule has 1 amide bonds. The Morgan fingerprint density at radius 2 is 1.53 bits per heavy atom. The van der Waals surface area contributed by atoms with Crippen LogP contribution < -0.4 is 0 Å². The van der Waals surface area contributed by atoms with Crippen molar-refractivity contribution in [3.63, 3.8) is 0 Å². The molecule has 66 heavy (non-hydrogen) atoms. The van der Waals surface area contributed by atoms with E-state index in [-0.39, 0.29) is 57.0 Å². The number of allylic oxidation sites excluding steroid dienone is 1. The Kier molecular flexibility index (Phi) is 11.4. The average molecular weight is 904 g/mol. The van der Waals surface area contributed by atoms with E-state index < -0.39 is 17.3 Å². The van der Waals surface area contributed by atoms with Gasteiger partial charge in [-0.1, -0.05) is 60.6 Å². The number of nitrogens with zero attached hydrogens (tertiary/aromatic N) is 5. The molecule has 13 atom stereocenters. The number of aromatic nitrogens is 3. The number of likely N-dealkylation sites (tertiary alicyclic amines) is 2. The monoisotopic (exact) mass is 904 g/mol. The SMILES string of the molecule is C=C(C)[C@@H]1CC[C@]2(C(=O)N3CCC[C@H]3c3nc(-c4ccncc4)cn3CCN3CCCC3)CC[C@]3(C)[C@H](CCC4[C@@]5(C)CC[C@H](OC(=O)[C@H]6C[C@@H](C(=O)O)C6(C)C)C(C)(C)C5CC[C@]43C)C12. The molecular weight excluding hydrogens is 823 g/mol. The van der Waals surface area contributed by atoms with Gasteiger partial charge < -0.3 is 24.2 Å². The minimum absolute atomic E-state index is 0.0259. The van der Waals surface area contributed by atoms with Gasteiger partial charge in [-0.15, -0.1) is 0 Å². The fraction of sp³-hybridized carbons (Fsp3) is 0.768. The number of ether oxygens (including phenoxy) is 1. The number of carbonyl (C=O) groups is 3. The van der Waals surface area contributed by atoms with Crippen LogP contribution in [0.1, 0.15) is 164 Å². The summed E-state index contributed by atoms with van der Waals surface area (Å²) >= 11 is 0. The molecule has 8 fully saturated rings. The zero-order chi connectivity index (χ0) is 46.8. The number of aliphatic carboxylic acids is 1. The third kappa shape index (κ3) is 6.79. The van der Waals surface area contributed by atoms with Gasteiger partial charge in [-0.3, -0.25) is 19.4 Å². The first kappa shape index (κ1) is 46.2. The Morgan fingerprint density at radius 3 is 2.23 bits per heavy atom. The first-order valence-corrected chi connectivity index (χ1v) is 26.4. The first-order valence-electron chi connectivity index (χ1n) is 26.4. The van der Waals surface area contributed by atoms with Crippen molar-refractivity contribution >= 4 is 17.8 Å². The van der Waals surface area contributed by atoms with Crippen LogP contribution in [-0.2, 0) is 25.7 Å². The molecule has 6 aliphatic carbocycles. The lowest BCUT2D eigenvalue weighted by atomic mass is 9.32. The van der Waals surface area contributed by atoms with Gasteiger partial charge in [0.1, 0.15) is 11.9 Å². The first-order chi connectivity index (χ1) is 31.3. The van der Waals surface area contributed by atoms with E-state index in [9.17, 15) is 14.7 Å². The maximum atomic E-state index is 16.0. The van der Waals surface area contributed by atoms with Crippen LogP contribution in [0.5, 0.6) is 0 Å². The number of carbonyl (C=O) groups excluding carboxylic acids is 2. The summed E-state index contributed by atoms with van der Waals surface area (Å²) in [6, 6.07) is 4.08. The summed E-state index contributed by atoms with van der Waals surface area (Å²) in [5.41, 5.74) is 2.46. The Balaban J connectivity index is 0.913. The summed E-state index contributed by atoms with van der Waals surface area (Å²) in [4.78, 5) is 56.3. The van der Waals surface area contributed by atoms with E-state index >= 15 is 4.79 Å². The third-order valence-corrected chi connectivity index (χ3v) is 22.0. The molecule has 4 heterocycles. The highest BCUT2D eigenvalue weighted by atomic mass is 16.5. The van der Waals surface area contributed by atoms with Crippen LogP contribution in [0.25, 0.3) is 11.3 Å². The molecule has 2 aromatic heterocycles. The van der Waals surface area contributed by atoms with Gasteiger partial charge in [0.05, 0.1) is 29.0 Å². The number of pyridine rings is 1. The lowest BCUT2D eigenvalue weighted by Gasteiger charge is -2.73. The molecule has 0 aromatic carbocycles. The van der Waals surface area contributed by atoms with Crippen LogP contribution in [0.3, 0.4) is 0 Å². The molecule has 10 rings (SSSR count). The van der Waals surface area contributed by atoms with E-state index in [0.717, 1.165) is 120 Å². The van der Waals surface area contributed by atoms with Crippen molar-refractivity contribution in [1.82, 2.24) is 24.3 Å². The second kappa shape index (κ2) is 16.3. The summed E-state index contributed by atoms with van der Waals surface area (Å²) in [7, 11) is 0. The molecule has 8 aliphatic rings. The quantitative estimate of drug-likeness (QED) is 0.185. The number of esters is 1. The Hall–Kier alpha value is -3.53. The second-order valence-corrected chi connectivity index (χ2v) is 25.2. The van der Waals surface area contributed by atoms with Crippen LogP contribution in [0.2, 0.25) is 0 Å². The van der Waals surface area contributed by atoms with E-state index in [2.05, 4.69) is 85.8 Å². The fourth-order valence-corrected chi connectivity index (χ4v) is 18.0. The average Bonchev–Trinajstić information content (AvgIpc) is 4.11. The van der Waals surface area contributed by atoms with Crippen molar-refractivity contribution in [2.24, 2.45) is 73.9 Å². The van der Waals surface area contributed by atoms with Gasteiger partial charge in [0.15, 0.2) is 0 Å². The van der Waals surface area contributed by atoms with Crippen LogP contribution >= 0.6 is 0 Å². The van der Waals surface area contributed by atoms with Crippen LogP contribution in [0.15, 0.2) is 42.9 Å². The molecule has 10 heteroatoms. The molecule has 0 radical (unpaired) electrons. The molecule has 2 aliphatic heterocycles. The Bertz CT molecular complexity index is 2230. The van der Waals surface area contributed by atoms with Gasteiger partial charge >= 0.3 is 11.9 Å². The van der Waals surface area contributed by atoms with E-state index in [1.165, 1.54) is 24.8 Å². The Labute approximate surface area is 395 Å². The molecule has 360 valence electrons. The van der Waals surface area contributed by atoms with Gasteiger partial charge in [0.25, 0.3) is 0 Å². The van der Waals surface area contributed by atoms with Crippen molar-refractivity contribution in [2.75, 3.05) is 26.2 Å². The topological polar surface area (TPSA) is 118 Å². The summed E-state index contributed by atoms with van der Waals surface area (Å²) in [5, 5.41) is 9.75. The molecule has 10 nitrogen and oxygen atoms in total. The lowest BCUT2D eigenvalue weighted by molar-refractivity contribution is -0.251. The predicted molar refractivity (Wildman–Crippen MR) is 257 cm³/mol. The van der Waals surface area contributed by atoms with Crippen LogP contribution in [-0.4, -0.2) is 79.6 Å². The lowest BCUT2D eigenvalue weighted by Crippen LogP contribution is -2.67. The maximum absolute atomic E-state index is 16.0. The Morgan fingerprint density at radius 1 is 0.788 bits per heavy atom. The fourth-order valence-electron chi connectivity index (χ4n) is 18.0. The summed E-state index contributed by atoms with van der Waals surface area (Å²) < 4.78 is 8.90. The van der Waals surface area contributed by atoms with Crippen molar-refractivity contribution in [3.8, 4) is 11.3 Å². The highest BCUT2D eigenvalue weighted by Crippen LogP contribution is 2.78. The molecule has 6 saturated carbocycles. The normalized spacial score (nSPS) is 41.2. The number of fused-ring (bicyclic) bond motifs is 7. The molecule has 3 unspecified atom stereocenters. The van der Waals surface area contributed by atoms with Gasteiger partial charge in [0.2, 0.25) is 5.91 Å². The van der Waals surface area contributed by atoms with Crippen molar-refractivity contribution in [2.45, 2.75) is 170 Å². The number of hydrogen-bond acceptors (Lipinski definition) is 7. The molecule has 0 bridgehead atoms. The summed E-state index contributed by atoms with van der Waals surface area (Å²) in [6.45, 7) is 28.4. The molecule has 1 N–H and O–H groups in total. The number of rotatable bonds is 10. The van der Waals surface area contributed by atoms with Gasteiger partial charge in [0, 0.05) is 49.2 Å². The molecule has 2 aromatic rings. The van der Waals surface area contributed by atoms with Crippen molar-refractivity contribution in [3.05, 3.63) is 48.7 Å². The van der Waals surface area contributed by atoms with Crippen molar-refractivity contribution in [1.29, 1.82) is 0 Å². The minimum atomic E-state index is -0.816. The predicted octanol–water partition coefficient (Wildman–Crippen LogP) is 11.0. The highest BCUT2D eigenvalue weighted by Gasteiger charge is 2.73. The highest BCUT2D eigenvalue weighted by molar-refractivity contribution is 5.85. The number of amides is 1. The maximum Gasteiger partial charge on any atom is 0.309 e. The summed E-state index contributed by atoms with van der Waals surface area (Å²) in [6.07, 6.45) is 21.2. The number of hydrogen-bond donors (Lipinski definition) is 1. The smallest absolute Gasteiger partial charge is 0.309 e.